The molecule has 1 aromatic carbocycles. The second kappa shape index (κ2) is 7.57. The second-order valence-corrected chi connectivity index (χ2v) is 5.21. The zero-order valence-electron chi connectivity index (χ0n) is 10.9. The van der Waals surface area contributed by atoms with Crippen molar-refractivity contribution < 1.29 is 9.59 Å². The number of benzene rings is 1. The largest absolute Gasteiger partial charge is 0.371 e. The van der Waals surface area contributed by atoms with Crippen molar-refractivity contribution >= 4 is 52.4 Å². The van der Waals surface area contributed by atoms with Gasteiger partial charge in [0.05, 0.1) is 15.7 Å². The molecule has 8 heteroatoms. The molecule has 0 aliphatic rings. The molecular weight excluding hydrogens is 325 g/mol. The van der Waals surface area contributed by atoms with Crippen molar-refractivity contribution in [2.24, 2.45) is 0 Å². The number of carbonyl (C=O) groups excluding carboxylic acids is 2. The average Bonchev–Trinajstić information content (AvgIpc) is 2.33. The van der Waals surface area contributed by atoms with Crippen LogP contribution in [-0.4, -0.2) is 24.5 Å². The molecule has 1 unspecified atom stereocenters. The Morgan fingerprint density at radius 2 is 1.75 bits per heavy atom. The Hall–Kier alpha value is -1.17. The van der Waals surface area contributed by atoms with Gasteiger partial charge in [0.2, 0.25) is 5.91 Å². The van der Waals surface area contributed by atoms with Crippen molar-refractivity contribution in [2.75, 3.05) is 11.9 Å². The van der Waals surface area contributed by atoms with E-state index in [0.717, 1.165) is 0 Å². The number of carbonyl (C=O) groups is 2. The third-order valence-corrected chi connectivity index (χ3v) is 3.15. The van der Waals surface area contributed by atoms with Gasteiger partial charge in [0.25, 0.3) is 0 Å². The van der Waals surface area contributed by atoms with Gasteiger partial charge in [-0.2, -0.15) is 0 Å². The summed E-state index contributed by atoms with van der Waals surface area (Å²) in [6, 6.07) is 1.76. The molecule has 0 fully saturated rings. The van der Waals surface area contributed by atoms with Crippen LogP contribution in [0.2, 0.25) is 15.1 Å². The second-order valence-electron chi connectivity index (χ2n) is 3.96. The van der Waals surface area contributed by atoms with E-state index in [1.54, 1.807) is 13.8 Å². The monoisotopic (exact) mass is 337 g/mol. The Labute approximate surface area is 132 Å². The first-order valence-corrected chi connectivity index (χ1v) is 6.98. The number of rotatable bonds is 4. The maximum atomic E-state index is 11.8. The maximum absolute atomic E-state index is 11.8. The molecule has 20 heavy (non-hydrogen) atoms. The molecule has 3 amide bonds. The molecule has 0 aliphatic carbocycles. The van der Waals surface area contributed by atoms with Crippen LogP contribution in [0.1, 0.15) is 13.8 Å². The zero-order chi connectivity index (χ0) is 15.3. The molecule has 1 rings (SSSR count). The summed E-state index contributed by atoms with van der Waals surface area (Å²) in [6.45, 7) is 3.75. The molecular formula is C12H14Cl3N3O2. The van der Waals surface area contributed by atoms with Crippen molar-refractivity contribution in [3.63, 3.8) is 0 Å². The van der Waals surface area contributed by atoms with Crippen molar-refractivity contribution in [1.82, 2.24) is 10.6 Å². The molecule has 0 saturated carbocycles. The minimum atomic E-state index is -0.700. The van der Waals surface area contributed by atoms with E-state index in [2.05, 4.69) is 16.0 Å². The maximum Gasteiger partial charge on any atom is 0.321 e. The lowest BCUT2D eigenvalue weighted by molar-refractivity contribution is -0.120. The Balaban J connectivity index is 2.73. The number of halogens is 3. The summed E-state index contributed by atoms with van der Waals surface area (Å²) in [6.07, 6.45) is 0. The third kappa shape index (κ3) is 4.74. The van der Waals surface area contributed by atoms with Crippen molar-refractivity contribution in [3.8, 4) is 0 Å². The van der Waals surface area contributed by atoms with E-state index < -0.39 is 18.0 Å². The van der Waals surface area contributed by atoms with E-state index >= 15 is 0 Å². The minimum absolute atomic E-state index is 0.292. The fraction of sp³-hybridized carbons (Fsp3) is 0.333. The van der Waals surface area contributed by atoms with Crippen LogP contribution < -0.4 is 16.0 Å². The Kier molecular flexibility index (Phi) is 6.39. The van der Waals surface area contributed by atoms with E-state index in [1.807, 2.05) is 0 Å². The molecule has 0 bridgehead atoms. The molecule has 0 aromatic heterocycles. The number of amides is 3. The van der Waals surface area contributed by atoms with Gasteiger partial charge in [-0.1, -0.05) is 34.8 Å². The van der Waals surface area contributed by atoms with Crippen molar-refractivity contribution in [2.45, 2.75) is 19.9 Å². The molecule has 110 valence electrons. The highest BCUT2D eigenvalue weighted by atomic mass is 35.5. The van der Waals surface area contributed by atoms with E-state index in [9.17, 15) is 9.59 Å². The molecule has 1 atom stereocenters. The predicted molar refractivity (Wildman–Crippen MR) is 81.8 cm³/mol. The molecule has 3 N–H and O–H groups in total. The number of imide groups is 1. The molecule has 0 aliphatic heterocycles. The zero-order valence-corrected chi connectivity index (χ0v) is 13.2. The van der Waals surface area contributed by atoms with E-state index in [1.165, 1.54) is 12.1 Å². The summed E-state index contributed by atoms with van der Waals surface area (Å²) < 4.78 is 0. The van der Waals surface area contributed by atoms with E-state index in [-0.39, 0.29) is 0 Å². The Morgan fingerprint density at radius 1 is 1.20 bits per heavy atom. The normalized spacial score (nSPS) is 11.7. The summed E-state index contributed by atoms with van der Waals surface area (Å²) in [7, 11) is 0. The summed E-state index contributed by atoms with van der Waals surface area (Å²) in [5, 5.41) is 8.46. The fourth-order valence-corrected chi connectivity index (χ4v) is 2.31. The number of hydrogen-bond acceptors (Lipinski definition) is 3. The molecule has 5 nitrogen and oxygen atoms in total. The molecule has 0 heterocycles. The summed E-state index contributed by atoms with van der Waals surface area (Å²) in [5.41, 5.74) is 0.385. The highest BCUT2D eigenvalue weighted by Crippen LogP contribution is 2.33. The molecule has 0 saturated heterocycles. The predicted octanol–water partition coefficient (Wildman–Crippen LogP) is 3.29. The highest BCUT2D eigenvalue weighted by Gasteiger charge is 2.18. The van der Waals surface area contributed by atoms with Gasteiger partial charge < -0.3 is 10.6 Å². The topological polar surface area (TPSA) is 70.2 Å². The van der Waals surface area contributed by atoms with Gasteiger partial charge in [-0.25, -0.2) is 4.79 Å². The van der Waals surface area contributed by atoms with Crippen LogP contribution in [0.25, 0.3) is 0 Å². The van der Waals surface area contributed by atoms with Crippen LogP contribution in [0, 0.1) is 0 Å². The summed E-state index contributed by atoms with van der Waals surface area (Å²) in [5.74, 6) is -0.502. The van der Waals surface area contributed by atoms with E-state index in [0.29, 0.717) is 27.3 Å². The van der Waals surface area contributed by atoms with Gasteiger partial charge in [-0.05, 0) is 26.0 Å². The summed E-state index contributed by atoms with van der Waals surface area (Å²) in [4.78, 5) is 23.0. The number of urea groups is 1. The van der Waals surface area contributed by atoms with Crippen molar-refractivity contribution in [1.29, 1.82) is 0 Å². The van der Waals surface area contributed by atoms with Crippen LogP contribution in [-0.2, 0) is 4.79 Å². The lowest BCUT2D eigenvalue weighted by Gasteiger charge is -2.17. The fourth-order valence-electron chi connectivity index (χ4n) is 1.39. The lowest BCUT2D eigenvalue weighted by Crippen LogP contribution is -2.45. The number of anilines is 1. The SMILES string of the molecule is CCNC(=O)NC(=O)C(C)Nc1c(Cl)cc(Cl)cc1Cl. The summed E-state index contributed by atoms with van der Waals surface area (Å²) >= 11 is 17.8. The molecule has 0 spiro atoms. The quantitative estimate of drug-likeness (QED) is 0.789. The first-order valence-electron chi connectivity index (χ1n) is 5.85. The highest BCUT2D eigenvalue weighted by molar-refractivity contribution is 6.41. The lowest BCUT2D eigenvalue weighted by atomic mass is 10.2. The average molecular weight is 339 g/mol. The van der Waals surface area contributed by atoms with Crippen LogP contribution in [0.4, 0.5) is 10.5 Å². The third-order valence-electron chi connectivity index (χ3n) is 2.34. The molecule has 1 aromatic rings. The van der Waals surface area contributed by atoms with Gasteiger partial charge in [0, 0.05) is 11.6 Å². The molecule has 0 radical (unpaired) electrons. The van der Waals surface area contributed by atoms with Gasteiger partial charge in [-0.3, -0.25) is 10.1 Å². The number of hydrogen-bond donors (Lipinski definition) is 3. The van der Waals surface area contributed by atoms with Gasteiger partial charge in [0.15, 0.2) is 0 Å². The smallest absolute Gasteiger partial charge is 0.321 e. The Morgan fingerprint density at radius 3 is 2.25 bits per heavy atom. The van der Waals surface area contributed by atoms with Gasteiger partial charge in [-0.15, -0.1) is 0 Å². The van der Waals surface area contributed by atoms with Crippen LogP contribution in [0.3, 0.4) is 0 Å². The Bertz CT molecular complexity index is 500. The first-order chi connectivity index (χ1) is 9.35. The van der Waals surface area contributed by atoms with Gasteiger partial charge >= 0.3 is 6.03 Å². The van der Waals surface area contributed by atoms with Crippen molar-refractivity contribution in [3.05, 3.63) is 27.2 Å². The minimum Gasteiger partial charge on any atom is -0.371 e. The first kappa shape index (κ1) is 16.9. The van der Waals surface area contributed by atoms with Crippen LogP contribution >= 0.6 is 34.8 Å². The standard InChI is InChI=1S/C12H14Cl3N3O2/c1-3-16-12(20)18-11(19)6(2)17-10-8(14)4-7(13)5-9(10)15/h4-6,17H,3H2,1-2H3,(H2,16,18,19,20). The number of nitrogens with one attached hydrogen (secondary N) is 3. The van der Waals surface area contributed by atoms with Gasteiger partial charge in [0.1, 0.15) is 6.04 Å². The van der Waals surface area contributed by atoms with Crippen LogP contribution in [0.5, 0.6) is 0 Å². The van der Waals surface area contributed by atoms with Crippen LogP contribution in [0.15, 0.2) is 12.1 Å². The van der Waals surface area contributed by atoms with E-state index in [4.69, 9.17) is 34.8 Å².